The number of ether oxygens (including phenoxy) is 1. The van der Waals surface area contributed by atoms with Crippen molar-refractivity contribution in [2.75, 3.05) is 11.9 Å². The number of aliphatic carboxylic acids is 1. The van der Waals surface area contributed by atoms with Crippen LogP contribution in [0.2, 0.25) is 0 Å². The van der Waals surface area contributed by atoms with Crippen LogP contribution in [0.1, 0.15) is 20.3 Å². The van der Waals surface area contributed by atoms with E-state index in [4.69, 9.17) is 9.84 Å². The minimum absolute atomic E-state index is 0.435. The van der Waals surface area contributed by atoms with Crippen LogP contribution in [-0.4, -0.2) is 28.7 Å². The van der Waals surface area contributed by atoms with Gasteiger partial charge in [0, 0.05) is 6.20 Å². The molecular formula is C11H16N2O3. The highest BCUT2D eigenvalue weighted by Gasteiger charge is 2.16. The summed E-state index contributed by atoms with van der Waals surface area (Å²) in [6, 6.07) is 2.87. The Balaban J connectivity index is 2.82. The van der Waals surface area contributed by atoms with Crippen LogP contribution in [0.15, 0.2) is 18.3 Å². The molecule has 2 N–H and O–H groups in total. The zero-order chi connectivity index (χ0) is 12.0. The van der Waals surface area contributed by atoms with Crippen LogP contribution < -0.4 is 10.1 Å². The van der Waals surface area contributed by atoms with Gasteiger partial charge in [0.15, 0.2) is 0 Å². The van der Waals surface area contributed by atoms with Crippen molar-refractivity contribution in [3.8, 4) is 5.88 Å². The van der Waals surface area contributed by atoms with Gasteiger partial charge in [0.25, 0.3) is 0 Å². The fourth-order valence-corrected chi connectivity index (χ4v) is 1.28. The maximum Gasteiger partial charge on any atom is 0.326 e. The molecule has 1 unspecified atom stereocenters. The molecule has 0 bridgehead atoms. The molecule has 0 fully saturated rings. The minimum atomic E-state index is -0.881. The second-order valence-electron chi connectivity index (χ2n) is 3.23. The summed E-state index contributed by atoms with van der Waals surface area (Å²) in [7, 11) is 0. The lowest BCUT2D eigenvalue weighted by Crippen LogP contribution is -2.28. The Kier molecular flexibility index (Phi) is 4.57. The zero-order valence-electron chi connectivity index (χ0n) is 9.43. The van der Waals surface area contributed by atoms with Crippen molar-refractivity contribution < 1.29 is 14.6 Å². The number of hydrogen-bond acceptors (Lipinski definition) is 4. The van der Waals surface area contributed by atoms with E-state index in [9.17, 15) is 4.79 Å². The van der Waals surface area contributed by atoms with Gasteiger partial charge in [-0.05, 0) is 25.5 Å². The number of anilines is 1. The quantitative estimate of drug-likeness (QED) is 0.770. The van der Waals surface area contributed by atoms with E-state index < -0.39 is 12.0 Å². The number of carboxylic acids is 1. The third-order valence-corrected chi connectivity index (χ3v) is 2.09. The number of pyridine rings is 1. The molecule has 88 valence electrons. The Morgan fingerprint density at radius 2 is 2.38 bits per heavy atom. The SMILES string of the molecule is CCOc1ncccc1NC(CC)C(=O)O. The van der Waals surface area contributed by atoms with E-state index >= 15 is 0 Å². The molecule has 0 aliphatic rings. The van der Waals surface area contributed by atoms with E-state index in [-0.39, 0.29) is 0 Å². The Labute approximate surface area is 94.5 Å². The van der Waals surface area contributed by atoms with Gasteiger partial charge in [0.2, 0.25) is 5.88 Å². The predicted octanol–water partition coefficient (Wildman–Crippen LogP) is 1.76. The molecule has 0 aliphatic heterocycles. The smallest absolute Gasteiger partial charge is 0.326 e. The van der Waals surface area contributed by atoms with Crippen LogP contribution in [-0.2, 0) is 4.79 Å². The highest BCUT2D eigenvalue weighted by Crippen LogP contribution is 2.21. The van der Waals surface area contributed by atoms with Gasteiger partial charge in [-0.25, -0.2) is 9.78 Å². The molecule has 0 saturated carbocycles. The van der Waals surface area contributed by atoms with Gasteiger partial charge in [-0.2, -0.15) is 0 Å². The number of rotatable bonds is 6. The largest absolute Gasteiger partial charge is 0.480 e. The van der Waals surface area contributed by atoms with E-state index in [0.29, 0.717) is 24.6 Å². The fourth-order valence-electron chi connectivity index (χ4n) is 1.28. The van der Waals surface area contributed by atoms with E-state index in [2.05, 4.69) is 10.3 Å². The van der Waals surface area contributed by atoms with Gasteiger partial charge in [-0.1, -0.05) is 6.92 Å². The van der Waals surface area contributed by atoms with Crippen LogP contribution in [0.4, 0.5) is 5.69 Å². The summed E-state index contributed by atoms with van der Waals surface area (Å²) >= 11 is 0. The normalized spacial score (nSPS) is 11.9. The van der Waals surface area contributed by atoms with E-state index in [1.54, 1.807) is 18.3 Å². The van der Waals surface area contributed by atoms with Crippen molar-refractivity contribution in [2.45, 2.75) is 26.3 Å². The average Bonchev–Trinajstić information content (AvgIpc) is 2.27. The maximum absolute atomic E-state index is 10.9. The molecule has 0 aromatic carbocycles. The van der Waals surface area contributed by atoms with Crippen LogP contribution in [0, 0.1) is 0 Å². The first kappa shape index (κ1) is 12.3. The average molecular weight is 224 g/mol. The van der Waals surface area contributed by atoms with Gasteiger partial charge in [-0.15, -0.1) is 0 Å². The molecule has 16 heavy (non-hydrogen) atoms. The lowest BCUT2D eigenvalue weighted by Gasteiger charge is -2.15. The standard InChI is InChI=1S/C11H16N2O3/c1-3-8(11(14)15)13-9-6-5-7-12-10(9)16-4-2/h5-8,13H,3-4H2,1-2H3,(H,14,15). The summed E-state index contributed by atoms with van der Waals surface area (Å²) in [6.07, 6.45) is 2.10. The van der Waals surface area contributed by atoms with Crippen LogP contribution >= 0.6 is 0 Å². The van der Waals surface area contributed by atoms with Gasteiger partial charge < -0.3 is 15.2 Å². The maximum atomic E-state index is 10.9. The monoisotopic (exact) mass is 224 g/mol. The molecule has 0 spiro atoms. The second-order valence-corrected chi connectivity index (χ2v) is 3.23. The van der Waals surface area contributed by atoms with E-state index in [1.165, 1.54) is 0 Å². The first-order valence-corrected chi connectivity index (χ1v) is 5.26. The summed E-state index contributed by atoms with van der Waals surface area (Å²) in [5.41, 5.74) is 0.610. The summed E-state index contributed by atoms with van der Waals surface area (Å²) < 4.78 is 5.30. The molecule has 1 aromatic rings. The number of carboxylic acid groups (broad SMARTS) is 1. The molecule has 1 aromatic heterocycles. The van der Waals surface area contributed by atoms with Crippen molar-refractivity contribution in [2.24, 2.45) is 0 Å². The van der Waals surface area contributed by atoms with Crippen LogP contribution in [0.3, 0.4) is 0 Å². The topological polar surface area (TPSA) is 71.5 Å². The van der Waals surface area contributed by atoms with Gasteiger partial charge >= 0.3 is 5.97 Å². The minimum Gasteiger partial charge on any atom is -0.480 e. The third-order valence-electron chi connectivity index (χ3n) is 2.09. The predicted molar refractivity (Wildman–Crippen MR) is 60.7 cm³/mol. The second kappa shape index (κ2) is 5.95. The van der Waals surface area contributed by atoms with Crippen molar-refractivity contribution in [1.29, 1.82) is 0 Å². The summed E-state index contributed by atoms with van der Waals surface area (Å²) in [5.74, 6) is -0.446. The van der Waals surface area contributed by atoms with Crippen LogP contribution in [0.5, 0.6) is 5.88 Å². The highest BCUT2D eigenvalue weighted by molar-refractivity contribution is 5.77. The molecule has 5 heteroatoms. The van der Waals surface area contributed by atoms with Crippen molar-refractivity contribution >= 4 is 11.7 Å². The van der Waals surface area contributed by atoms with Crippen molar-refractivity contribution in [1.82, 2.24) is 4.98 Å². The zero-order valence-corrected chi connectivity index (χ0v) is 9.43. The summed E-state index contributed by atoms with van der Waals surface area (Å²) in [5, 5.41) is 11.8. The van der Waals surface area contributed by atoms with E-state index in [1.807, 2.05) is 13.8 Å². The third kappa shape index (κ3) is 3.12. The molecule has 1 heterocycles. The number of nitrogens with zero attached hydrogens (tertiary/aromatic N) is 1. The molecule has 0 aliphatic carbocycles. The summed E-state index contributed by atoms with van der Waals surface area (Å²) in [4.78, 5) is 14.9. The Morgan fingerprint density at radius 3 is 2.94 bits per heavy atom. The summed E-state index contributed by atoms with van der Waals surface area (Å²) in [6.45, 7) is 4.16. The Morgan fingerprint density at radius 1 is 1.62 bits per heavy atom. The fraction of sp³-hybridized carbons (Fsp3) is 0.455. The number of carbonyl (C=O) groups is 1. The molecule has 0 radical (unpaired) electrons. The lowest BCUT2D eigenvalue weighted by atomic mass is 10.2. The lowest BCUT2D eigenvalue weighted by molar-refractivity contribution is -0.137. The molecule has 0 amide bonds. The molecule has 0 saturated heterocycles. The number of nitrogens with one attached hydrogen (secondary N) is 1. The van der Waals surface area contributed by atoms with Gasteiger partial charge in [0.05, 0.1) is 12.3 Å². The Hall–Kier alpha value is -1.78. The van der Waals surface area contributed by atoms with Crippen molar-refractivity contribution in [3.63, 3.8) is 0 Å². The van der Waals surface area contributed by atoms with Gasteiger partial charge in [0.1, 0.15) is 6.04 Å². The highest BCUT2D eigenvalue weighted by atomic mass is 16.5. The van der Waals surface area contributed by atoms with Gasteiger partial charge in [-0.3, -0.25) is 0 Å². The van der Waals surface area contributed by atoms with Crippen LogP contribution in [0.25, 0.3) is 0 Å². The number of hydrogen-bond donors (Lipinski definition) is 2. The first-order valence-electron chi connectivity index (χ1n) is 5.26. The molecule has 5 nitrogen and oxygen atoms in total. The number of aromatic nitrogens is 1. The van der Waals surface area contributed by atoms with Crippen molar-refractivity contribution in [3.05, 3.63) is 18.3 Å². The first-order chi connectivity index (χ1) is 7.69. The Bertz CT molecular complexity index is 355. The van der Waals surface area contributed by atoms with E-state index in [0.717, 1.165) is 0 Å². The molecule has 1 rings (SSSR count). The molecular weight excluding hydrogens is 208 g/mol. The molecule has 1 atom stereocenters.